The van der Waals surface area contributed by atoms with Crippen LogP contribution in [0.4, 0.5) is 5.69 Å². The van der Waals surface area contributed by atoms with E-state index in [0.717, 1.165) is 5.69 Å². The van der Waals surface area contributed by atoms with E-state index in [9.17, 15) is 24.8 Å². The van der Waals surface area contributed by atoms with Crippen molar-refractivity contribution < 1.29 is 24.4 Å². The van der Waals surface area contributed by atoms with E-state index in [-0.39, 0.29) is 23.6 Å². The minimum absolute atomic E-state index is 0.117. The summed E-state index contributed by atoms with van der Waals surface area (Å²) in [5.41, 5.74) is 1.73. The summed E-state index contributed by atoms with van der Waals surface area (Å²) in [7, 11) is 0. The first-order valence-electron chi connectivity index (χ1n) is 12.3. The van der Waals surface area contributed by atoms with Crippen LogP contribution >= 0.6 is 0 Å². The first-order valence-corrected chi connectivity index (χ1v) is 12.3. The highest BCUT2D eigenvalue weighted by Gasteiger charge is 2.46. The minimum atomic E-state index is -0.990. The van der Waals surface area contributed by atoms with Gasteiger partial charge in [-0.05, 0) is 24.6 Å². The number of nitrogens with zero attached hydrogens (tertiary/aromatic N) is 5. The van der Waals surface area contributed by atoms with E-state index < -0.39 is 22.7 Å². The quantitative estimate of drug-likeness (QED) is 0.166. The third-order valence-corrected chi connectivity index (χ3v) is 6.96. The predicted molar refractivity (Wildman–Crippen MR) is 138 cm³/mol. The average molecular weight is 518 g/mol. The van der Waals surface area contributed by atoms with Gasteiger partial charge in [0.05, 0.1) is 52.9 Å². The van der Waals surface area contributed by atoms with Crippen LogP contribution in [-0.2, 0) is 14.3 Å². The maximum absolute atomic E-state index is 13.4. The third kappa shape index (κ3) is 4.69. The summed E-state index contributed by atoms with van der Waals surface area (Å²) < 4.78 is 7.02. The second kappa shape index (κ2) is 10.6. The van der Waals surface area contributed by atoms with Gasteiger partial charge in [-0.15, -0.1) is 0 Å². The number of nitro benzene ring substituents is 1. The maximum atomic E-state index is 13.4. The van der Waals surface area contributed by atoms with E-state index in [4.69, 9.17) is 4.74 Å². The predicted octanol–water partition coefficient (Wildman–Crippen LogP) is 2.84. The molecule has 1 atom stereocenters. The van der Waals surface area contributed by atoms with Gasteiger partial charge in [0, 0.05) is 38.3 Å². The number of morpholine rings is 1. The molecule has 0 bridgehead atoms. The molecule has 2 saturated heterocycles. The van der Waals surface area contributed by atoms with Gasteiger partial charge in [0.1, 0.15) is 5.76 Å². The van der Waals surface area contributed by atoms with Crippen molar-refractivity contribution in [2.24, 2.45) is 0 Å². The van der Waals surface area contributed by atoms with Gasteiger partial charge in [-0.25, -0.2) is 4.68 Å². The highest BCUT2D eigenvalue weighted by Crippen LogP contribution is 2.40. The number of carbonyl (C=O) groups is 2. The SMILES string of the molecule is Cc1c(/C(O)=C2\C(=O)C(=O)N(CCN3CCOCC3)[C@@H]2c2cccc([N+](=O)[O-])c2)cnn1-c1ccccc1. The number of hydrogen-bond donors (Lipinski definition) is 1. The Morgan fingerprint density at radius 3 is 2.55 bits per heavy atom. The molecule has 1 amide bonds. The fourth-order valence-corrected chi connectivity index (χ4v) is 4.96. The van der Waals surface area contributed by atoms with Crippen molar-refractivity contribution in [1.29, 1.82) is 0 Å². The van der Waals surface area contributed by atoms with E-state index in [1.54, 1.807) is 17.7 Å². The third-order valence-electron chi connectivity index (χ3n) is 6.96. The molecule has 1 aromatic heterocycles. The molecule has 1 N–H and O–H groups in total. The molecule has 3 heterocycles. The summed E-state index contributed by atoms with van der Waals surface area (Å²) in [4.78, 5) is 41.1. The molecule has 0 saturated carbocycles. The van der Waals surface area contributed by atoms with Crippen LogP contribution in [0.15, 0.2) is 66.4 Å². The zero-order chi connectivity index (χ0) is 26.8. The molecule has 0 aliphatic carbocycles. The topological polar surface area (TPSA) is 131 Å². The number of Topliss-reactive ketones (excluding diaryl/α,β-unsaturated/α-hetero) is 1. The maximum Gasteiger partial charge on any atom is 0.295 e. The van der Waals surface area contributed by atoms with Crippen molar-refractivity contribution in [3.05, 3.63) is 93.3 Å². The molecule has 11 heteroatoms. The van der Waals surface area contributed by atoms with Crippen molar-refractivity contribution in [3.63, 3.8) is 0 Å². The van der Waals surface area contributed by atoms with Gasteiger partial charge in [0.2, 0.25) is 0 Å². The van der Waals surface area contributed by atoms with E-state index in [0.29, 0.717) is 49.7 Å². The van der Waals surface area contributed by atoms with E-state index in [1.165, 1.54) is 29.3 Å². The van der Waals surface area contributed by atoms with Gasteiger partial charge in [0.15, 0.2) is 0 Å². The lowest BCUT2D eigenvalue weighted by atomic mass is 9.95. The lowest BCUT2D eigenvalue weighted by Crippen LogP contribution is -2.42. The summed E-state index contributed by atoms with van der Waals surface area (Å²) in [6.07, 6.45) is 1.45. The Hall–Kier alpha value is -4.35. The first-order chi connectivity index (χ1) is 18.4. The number of aromatic nitrogens is 2. The normalized spacial score (nSPS) is 19.7. The molecule has 2 aliphatic heterocycles. The zero-order valence-electron chi connectivity index (χ0n) is 20.8. The molecular formula is C27H27N5O6. The number of para-hydroxylation sites is 1. The van der Waals surface area contributed by atoms with Crippen molar-refractivity contribution in [3.8, 4) is 5.69 Å². The highest BCUT2D eigenvalue weighted by molar-refractivity contribution is 6.46. The Labute approximate surface area is 218 Å². The van der Waals surface area contributed by atoms with E-state index in [1.807, 2.05) is 30.3 Å². The van der Waals surface area contributed by atoms with E-state index in [2.05, 4.69) is 10.00 Å². The van der Waals surface area contributed by atoms with Crippen LogP contribution in [0.3, 0.4) is 0 Å². The summed E-state index contributed by atoms with van der Waals surface area (Å²) in [6, 6.07) is 14.1. The van der Waals surface area contributed by atoms with Crippen molar-refractivity contribution >= 4 is 23.1 Å². The number of ketones is 1. The molecule has 2 aromatic carbocycles. The molecule has 196 valence electrons. The van der Waals surface area contributed by atoms with Crippen molar-refractivity contribution in [2.75, 3.05) is 39.4 Å². The van der Waals surface area contributed by atoms with Gasteiger partial charge >= 0.3 is 0 Å². The van der Waals surface area contributed by atoms with Crippen LogP contribution in [0, 0.1) is 17.0 Å². The number of aliphatic hydroxyl groups is 1. The number of hydrogen-bond acceptors (Lipinski definition) is 8. The number of carbonyl (C=O) groups excluding carboxylic acids is 2. The summed E-state index contributed by atoms with van der Waals surface area (Å²) in [6.45, 7) is 5.01. The Balaban J connectivity index is 1.58. The second-order valence-electron chi connectivity index (χ2n) is 9.19. The molecular weight excluding hydrogens is 490 g/mol. The molecule has 11 nitrogen and oxygen atoms in total. The van der Waals surface area contributed by atoms with Crippen LogP contribution in [0.1, 0.15) is 22.9 Å². The average Bonchev–Trinajstić information content (AvgIpc) is 3.45. The van der Waals surface area contributed by atoms with E-state index >= 15 is 0 Å². The fourth-order valence-electron chi connectivity index (χ4n) is 4.96. The molecule has 38 heavy (non-hydrogen) atoms. The number of likely N-dealkylation sites (tertiary alicyclic amines) is 1. The number of benzene rings is 2. The smallest absolute Gasteiger partial charge is 0.295 e. The molecule has 0 spiro atoms. The molecule has 2 fully saturated rings. The van der Waals surface area contributed by atoms with Gasteiger partial charge in [-0.1, -0.05) is 30.3 Å². The Morgan fingerprint density at radius 2 is 1.84 bits per heavy atom. The van der Waals surface area contributed by atoms with Gasteiger partial charge < -0.3 is 14.7 Å². The monoisotopic (exact) mass is 517 g/mol. The van der Waals surface area contributed by atoms with Crippen LogP contribution in [-0.4, -0.2) is 80.7 Å². The number of aliphatic hydroxyl groups excluding tert-OH is 1. The Kier molecular flexibility index (Phi) is 7.03. The fraction of sp³-hybridized carbons (Fsp3) is 0.296. The second-order valence-corrected chi connectivity index (χ2v) is 9.19. The number of rotatable bonds is 7. The molecule has 5 rings (SSSR count). The van der Waals surface area contributed by atoms with Crippen LogP contribution < -0.4 is 0 Å². The number of amides is 1. The van der Waals surface area contributed by atoms with Crippen molar-refractivity contribution in [2.45, 2.75) is 13.0 Å². The Bertz CT molecular complexity index is 1410. The zero-order valence-corrected chi connectivity index (χ0v) is 20.8. The summed E-state index contributed by atoms with van der Waals surface area (Å²) in [5, 5.41) is 27.3. The van der Waals surface area contributed by atoms with Gasteiger partial charge in [-0.2, -0.15) is 5.10 Å². The largest absolute Gasteiger partial charge is 0.507 e. The molecule has 3 aromatic rings. The molecule has 0 unspecified atom stereocenters. The number of non-ortho nitro benzene ring substituents is 1. The summed E-state index contributed by atoms with van der Waals surface area (Å²) >= 11 is 0. The highest BCUT2D eigenvalue weighted by atomic mass is 16.6. The Morgan fingerprint density at radius 1 is 1.11 bits per heavy atom. The van der Waals surface area contributed by atoms with Gasteiger partial charge in [-0.3, -0.25) is 24.6 Å². The number of ether oxygens (including phenoxy) is 1. The lowest BCUT2D eigenvalue weighted by Gasteiger charge is -2.30. The molecule has 2 aliphatic rings. The van der Waals surface area contributed by atoms with Crippen LogP contribution in [0.25, 0.3) is 11.4 Å². The van der Waals surface area contributed by atoms with Crippen LogP contribution in [0.5, 0.6) is 0 Å². The van der Waals surface area contributed by atoms with Crippen molar-refractivity contribution in [1.82, 2.24) is 19.6 Å². The number of nitro groups is 1. The minimum Gasteiger partial charge on any atom is -0.507 e. The molecule has 0 radical (unpaired) electrons. The standard InChI is InChI=1S/C27H27N5O6/c1-18-22(17-28-31(18)20-7-3-2-4-8-20)25(33)23-24(19-6-5-9-21(16-19)32(36)37)30(27(35)26(23)34)11-10-29-12-14-38-15-13-29/h2-9,16-17,24,33H,10-15H2,1H3/b25-23+/t24-/m1/s1. The summed E-state index contributed by atoms with van der Waals surface area (Å²) in [5.74, 6) is -1.97. The van der Waals surface area contributed by atoms with Gasteiger partial charge in [0.25, 0.3) is 17.4 Å². The van der Waals surface area contributed by atoms with Crippen LogP contribution in [0.2, 0.25) is 0 Å². The lowest BCUT2D eigenvalue weighted by molar-refractivity contribution is -0.384. The first kappa shape index (κ1) is 25.3.